The highest BCUT2D eigenvalue weighted by molar-refractivity contribution is 5.94. The highest BCUT2D eigenvalue weighted by atomic mass is 16.5. The topological polar surface area (TPSA) is 67.9 Å². The zero-order valence-corrected chi connectivity index (χ0v) is 21.4. The van der Waals surface area contributed by atoms with E-state index in [1.807, 2.05) is 30.9 Å². The first-order valence-electron chi connectivity index (χ1n) is 12.5. The molecular formula is C30H34N2O4. The van der Waals surface area contributed by atoms with Gasteiger partial charge in [0.15, 0.2) is 6.10 Å². The summed E-state index contributed by atoms with van der Waals surface area (Å²) in [6.45, 7) is 6.56. The number of carbonyl (C=O) groups excluding carboxylic acids is 2. The molecule has 6 nitrogen and oxygen atoms in total. The predicted molar refractivity (Wildman–Crippen MR) is 142 cm³/mol. The van der Waals surface area contributed by atoms with Gasteiger partial charge >= 0.3 is 0 Å². The normalized spacial score (nSPS) is 15.6. The summed E-state index contributed by atoms with van der Waals surface area (Å²) in [5.41, 5.74) is 5.18. The second kappa shape index (κ2) is 11.3. The van der Waals surface area contributed by atoms with E-state index in [1.165, 1.54) is 11.1 Å². The molecule has 3 aromatic rings. The van der Waals surface area contributed by atoms with E-state index in [9.17, 15) is 9.59 Å². The summed E-state index contributed by atoms with van der Waals surface area (Å²) < 4.78 is 11.4. The molecular weight excluding hydrogens is 452 g/mol. The van der Waals surface area contributed by atoms with Crippen LogP contribution < -0.4 is 14.8 Å². The SMILES string of the molecule is CCC(=O)N1CCc2ccc(O[C@H](CC)C(=O)Nc3ccc(OC)cc3)cc2[C@H]1c1ccc(C)cc1. The van der Waals surface area contributed by atoms with Crippen LogP contribution in [0.15, 0.2) is 66.7 Å². The molecule has 0 spiro atoms. The Labute approximate surface area is 213 Å². The van der Waals surface area contributed by atoms with Crippen molar-refractivity contribution in [2.75, 3.05) is 19.0 Å². The second-order valence-corrected chi connectivity index (χ2v) is 9.10. The number of rotatable bonds is 8. The number of nitrogens with zero attached hydrogens (tertiary/aromatic N) is 1. The Hall–Kier alpha value is -3.80. The third-order valence-electron chi connectivity index (χ3n) is 6.66. The minimum atomic E-state index is -0.653. The minimum absolute atomic E-state index is 0.128. The lowest BCUT2D eigenvalue weighted by Crippen LogP contribution is -2.40. The number of ether oxygens (including phenoxy) is 2. The largest absolute Gasteiger partial charge is 0.497 e. The summed E-state index contributed by atoms with van der Waals surface area (Å²) in [7, 11) is 1.61. The van der Waals surface area contributed by atoms with Gasteiger partial charge in [-0.1, -0.05) is 49.7 Å². The van der Waals surface area contributed by atoms with Crippen LogP contribution in [-0.2, 0) is 16.0 Å². The Kier molecular flexibility index (Phi) is 7.93. The van der Waals surface area contributed by atoms with Crippen molar-refractivity contribution < 1.29 is 19.1 Å². The average Bonchev–Trinajstić information content (AvgIpc) is 2.91. The molecule has 3 aromatic carbocycles. The van der Waals surface area contributed by atoms with E-state index in [2.05, 4.69) is 42.6 Å². The number of nitrogens with one attached hydrogen (secondary N) is 1. The summed E-state index contributed by atoms with van der Waals surface area (Å²) in [6, 6.07) is 21.3. The van der Waals surface area contributed by atoms with E-state index in [4.69, 9.17) is 9.47 Å². The van der Waals surface area contributed by atoms with Crippen molar-refractivity contribution in [1.82, 2.24) is 4.90 Å². The molecule has 1 heterocycles. The Morgan fingerprint density at radius 1 is 1.00 bits per heavy atom. The van der Waals surface area contributed by atoms with Crippen LogP contribution in [0.5, 0.6) is 11.5 Å². The second-order valence-electron chi connectivity index (χ2n) is 9.10. The molecule has 188 valence electrons. The number of methoxy groups -OCH3 is 1. The van der Waals surface area contributed by atoms with Gasteiger partial charge in [0.25, 0.3) is 5.91 Å². The predicted octanol–water partition coefficient (Wildman–Crippen LogP) is 5.68. The summed E-state index contributed by atoms with van der Waals surface area (Å²) in [4.78, 5) is 27.8. The van der Waals surface area contributed by atoms with Crippen molar-refractivity contribution in [2.45, 2.75) is 52.2 Å². The van der Waals surface area contributed by atoms with Crippen molar-refractivity contribution in [1.29, 1.82) is 0 Å². The van der Waals surface area contributed by atoms with Gasteiger partial charge in [-0.25, -0.2) is 0 Å². The molecule has 0 aliphatic carbocycles. The number of hydrogen-bond donors (Lipinski definition) is 1. The molecule has 0 saturated carbocycles. The Morgan fingerprint density at radius 2 is 1.69 bits per heavy atom. The smallest absolute Gasteiger partial charge is 0.265 e. The molecule has 0 aromatic heterocycles. The van der Waals surface area contributed by atoms with Gasteiger partial charge < -0.3 is 19.7 Å². The molecule has 0 bridgehead atoms. The fraction of sp³-hybridized carbons (Fsp3) is 0.333. The van der Waals surface area contributed by atoms with Crippen LogP contribution in [0.3, 0.4) is 0 Å². The number of fused-ring (bicyclic) bond motifs is 1. The van der Waals surface area contributed by atoms with Gasteiger partial charge in [-0.2, -0.15) is 0 Å². The van der Waals surface area contributed by atoms with E-state index in [1.54, 1.807) is 31.4 Å². The summed E-state index contributed by atoms with van der Waals surface area (Å²) in [6.07, 6.45) is 1.11. The van der Waals surface area contributed by atoms with Crippen molar-refractivity contribution >= 4 is 17.5 Å². The number of amides is 2. The zero-order chi connectivity index (χ0) is 25.7. The van der Waals surface area contributed by atoms with Crippen LogP contribution in [0.25, 0.3) is 0 Å². The van der Waals surface area contributed by atoms with Gasteiger partial charge in [-0.15, -0.1) is 0 Å². The summed E-state index contributed by atoms with van der Waals surface area (Å²) in [5, 5.41) is 2.92. The van der Waals surface area contributed by atoms with E-state index in [0.29, 0.717) is 30.8 Å². The molecule has 2 atom stereocenters. The molecule has 0 unspecified atom stereocenters. The Morgan fingerprint density at radius 3 is 2.33 bits per heavy atom. The van der Waals surface area contributed by atoms with Crippen molar-refractivity contribution in [3.63, 3.8) is 0 Å². The van der Waals surface area contributed by atoms with Gasteiger partial charge in [0, 0.05) is 18.7 Å². The van der Waals surface area contributed by atoms with Gasteiger partial charge in [-0.05, 0) is 72.9 Å². The zero-order valence-electron chi connectivity index (χ0n) is 21.4. The molecule has 0 radical (unpaired) electrons. The van der Waals surface area contributed by atoms with Crippen LogP contribution in [0.4, 0.5) is 5.69 Å². The van der Waals surface area contributed by atoms with Gasteiger partial charge in [0.05, 0.1) is 13.2 Å². The molecule has 4 rings (SSSR count). The molecule has 1 N–H and O–H groups in total. The van der Waals surface area contributed by atoms with Crippen molar-refractivity contribution in [3.05, 3.63) is 89.0 Å². The minimum Gasteiger partial charge on any atom is -0.497 e. The summed E-state index contributed by atoms with van der Waals surface area (Å²) in [5.74, 6) is 1.26. The van der Waals surface area contributed by atoms with E-state index in [0.717, 1.165) is 23.3 Å². The van der Waals surface area contributed by atoms with E-state index < -0.39 is 6.10 Å². The van der Waals surface area contributed by atoms with Gasteiger partial charge in [0.2, 0.25) is 5.91 Å². The molecule has 1 aliphatic heterocycles. The first kappa shape index (κ1) is 25.3. The van der Waals surface area contributed by atoms with E-state index >= 15 is 0 Å². The maximum atomic E-state index is 13.0. The van der Waals surface area contributed by atoms with Crippen molar-refractivity contribution in [2.24, 2.45) is 0 Å². The highest BCUT2D eigenvalue weighted by Crippen LogP contribution is 2.38. The number of hydrogen-bond acceptors (Lipinski definition) is 4. The first-order chi connectivity index (χ1) is 17.4. The maximum absolute atomic E-state index is 13.0. The summed E-state index contributed by atoms with van der Waals surface area (Å²) >= 11 is 0. The maximum Gasteiger partial charge on any atom is 0.265 e. The fourth-order valence-corrected chi connectivity index (χ4v) is 4.63. The van der Waals surface area contributed by atoms with Crippen LogP contribution >= 0.6 is 0 Å². The van der Waals surface area contributed by atoms with Crippen LogP contribution in [-0.4, -0.2) is 36.5 Å². The number of benzene rings is 3. The lowest BCUT2D eigenvalue weighted by atomic mass is 9.87. The number of carbonyl (C=O) groups is 2. The van der Waals surface area contributed by atoms with Gasteiger partial charge in [-0.3, -0.25) is 9.59 Å². The standard InChI is InChI=1S/C30H34N2O4/c1-5-27(30(34)31-23-12-15-24(35-4)16-13-23)36-25-14-11-21-17-18-32(28(33)6-2)29(26(21)19-25)22-9-7-20(3)8-10-22/h7-16,19,27,29H,5-6,17-18H2,1-4H3,(H,31,34)/t27-,29-/m1/s1. The third kappa shape index (κ3) is 5.54. The fourth-order valence-electron chi connectivity index (χ4n) is 4.63. The molecule has 0 saturated heterocycles. The van der Waals surface area contributed by atoms with Crippen LogP contribution in [0.1, 0.15) is 55.0 Å². The number of aryl methyl sites for hydroxylation is 1. The lowest BCUT2D eigenvalue weighted by Gasteiger charge is -2.38. The van der Waals surface area contributed by atoms with Crippen LogP contribution in [0.2, 0.25) is 0 Å². The quantitative estimate of drug-likeness (QED) is 0.445. The van der Waals surface area contributed by atoms with Crippen LogP contribution in [0, 0.1) is 6.92 Å². The first-order valence-corrected chi connectivity index (χ1v) is 12.5. The molecule has 2 amide bonds. The van der Waals surface area contributed by atoms with Gasteiger partial charge in [0.1, 0.15) is 11.5 Å². The molecule has 0 fully saturated rings. The molecule has 36 heavy (non-hydrogen) atoms. The highest BCUT2D eigenvalue weighted by Gasteiger charge is 2.32. The average molecular weight is 487 g/mol. The van der Waals surface area contributed by atoms with Crippen molar-refractivity contribution in [3.8, 4) is 11.5 Å². The Balaban J connectivity index is 1.59. The monoisotopic (exact) mass is 486 g/mol. The Bertz CT molecular complexity index is 1200. The molecule has 6 heteroatoms. The van der Waals surface area contributed by atoms with E-state index in [-0.39, 0.29) is 17.9 Å². The number of anilines is 1. The third-order valence-corrected chi connectivity index (χ3v) is 6.66. The lowest BCUT2D eigenvalue weighted by molar-refractivity contribution is -0.133. The molecule has 1 aliphatic rings.